The van der Waals surface area contributed by atoms with Gasteiger partial charge in [0, 0.05) is 34.7 Å². The lowest BCUT2D eigenvalue weighted by Crippen LogP contribution is -2.72. The molecule has 2 saturated carbocycles. The largest absolute Gasteiger partial charge is 0.486 e. The molecule has 158 valence electrons. The molecule has 1 amide bonds. The van der Waals surface area contributed by atoms with E-state index in [1.165, 1.54) is 0 Å². The topological polar surface area (TPSA) is 58.6 Å². The molecular formula is C23H29BrClNO3. The van der Waals surface area contributed by atoms with Crippen LogP contribution in [0.15, 0.2) is 6.07 Å². The minimum Gasteiger partial charge on any atom is -0.486 e. The Labute approximate surface area is 185 Å². The third-order valence-corrected chi connectivity index (χ3v) is 10.0. The Kier molecular flexibility index (Phi) is 4.26. The average Bonchev–Trinajstić information content (AvgIpc) is 3.03. The molecule has 2 aliphatic heterocycles. The van der Waals surface area contributed by atoms with Gasteiger partial charge >= 0.3 is 0 Å². The average molecular weight is 483 g/mol. The molecule has 2 aliphatic carbocycles. The summed E-state index contributed by atoms with van der Waals surface area (Å²) in [6.45, 7) is 9.54. The van der Waals surface area contributed by atoms with Crippen LogP contribution in [0, 0.1) is 22.7 Å². The fourth-order valence-electron chi connectivity index (χ4n) is 7.01. The van der Waals surface area contributed by atoms with Gasteiger partial charge in [-0.3, -0.25) is 4.79 Å². The first kappa shape index (κ1) is 20.1. The Bertz CT molecular complexity index is 918. The molecule has 2 N–H and O–H groups in total. The number of hydrogen-bond donors (Lipinski definition) is 2. The number of aliphatic hydroxyl groups is 1. The molecule has 4 nitrogen and oxygen atoms in total. The summed E-state index contributed by atoms with van der Waals surface area (Å²) >= 11 is 10.3. The van der Waals surface area contributed by atoms with Crippen molar-refractivity contribution in [1.29, 1.82) is 0 Å². The number of nitrogens with one attached hydrogen (secondary N) is 1. The van der Waals surface area contributed by atoms with Gasteiger partial charge in [0.05, 0.1) is 16.7 Å². The molecule has 6 atom stereocenters. The molecule has 0 radical (unpaired) electrons. The fourth-order valence-corrected chi connectivity index (χ4v) is 8.50. The first-order valence-corrected chi connectivity index (χ1v) is 12.0. The molecule has 1 aromatic carbocycles. The summed E-state index contributed by atoms with van der Waals surface area (Å²) in [6.07, 6.45) is 3.40. The Balaban J connectivity index is 1.74. The second kappa shape index (κ2) is 6.14. The van der Waals surface area contributed by atoms with Crippen molar-refractivity contribution in [2.24, 2.45) is 22.7 Å². The highest BCUT2D eigenvalue weighted by Crippen LogP contribution is 2.67. The van der Waals surface area contributed by atoms with Crippen LogP contribution in [-0.4, -0.2) is 27.5 Å². The first-order valence-electron chi connectivity index (χ1n) is 10.7. The summed E-state index contributed by atoms with van der Waals surface area (Å²) in [5.74, 6) is 1.47. The van der Waals surface area contributed by atoms with E-state index in [2.05, 4.69) is 48.9 Å². The van der Waals surface area contributed by atoms with Gasteiger partial charge in [-0.25, -0.2) is 0 Å². The minimum atomic E-state index is -0.417. The van der Waals surface area contributed by atoms with E-state index in [9.17, 15) is 9.90 Å². The van der Waals surface area contributed by atoms with Gasteiger partial charge in [-0.15, -0.1) is 0 Å². The standard InChI is InChI=1S/C23H29BrClNO3/c1-11-5-6-16-21(2,3)19(27)14(24)9-23(16)22(11,4)8-12-7-15(25)17-13(18(12)29-23)10-26-20(17)28/h7,11,14,16,19,27H,5-6,8-10H2,1-4H3,(H,26,28)/t11-,14?,16-,19?,22+,23-/m0/s1. The van der Waals surface area contributed by atoms with Crippen molar-refractivity contribution < 1.29 is 14.6 Å². The van der Waals surface area contributed by atoms with Crippen molar-refractivity contribution in [3.8, 4) is 5.75 Å². The van der Waals surface area contributed by atoms with E-state index in [1.807, 2.05) is 6.07 Å². The van der Waals surface area contributed by atoms with E-state index in [-0.39, 0.29) is 33.1 Å². The van der Waals surface area contributed by atoms with E-state index in [0.717, 1.165) is 42.6 Å². The van der Waals surface area contributed by atoms with E-state index in [1.54, 1.807) is 0 Å². The number of ether oxygens (including phenoxy) is 1. The number of hydrogen-bond acceptors (Lipinski definition) is 3. The van der Waals surface area contributed by atoms with Gasteiger partial charge in [-0.1, -0.05) is 55.2 Å². The second-order valence-electron chi connectivity index (χ2n) is 10.5. The summed E-state index contributed by atoms with van der Waals surface area (Å²) in [6, 6.07) is 1.95. The van der Waals surface area contributed by atoms with E-state index in [0.29, 0.717) is 23.0 Å². The zero-order chi connectivity index (χ0) is 20.9. The van der Waals surface area contributed by atoms with Crippen molar-refractivity contribution >= 4 is 33.4 Å². The molecule has 0 bridgehead atoms. The number of amides is 1. The predicted molar refractivity (Wildman–Crippen MR) is 117 cm³/mol. The number of fused-ring (bicyclic) bond motifs is 3. The van der Waals surface area contributed by atoms with Crippen LogP contribution in [0.1, 0.15) is 68.4 Å². The quantitative estimate of drug-likeness (QED) is 0.519. The van der Waals surface area contributed by atoms with Crippen LogP contribution in [0.3, 0.4) is 0 Å². The van der Waals surface area contributed by atoms with Crippen LogP contribution < -0.4 is 10.1 Å². The minimum absolute atomic E-state index is 0.0277. The van der Waals surface area contributed by atoms with Crippen LogP contribution in [0.25, 0.3) is 0 Å². The maximum absolute atomic E-state index is 12.4. The molecule has 0 saturated heterocycles. The molecule has 2 fully saturated rings. The zero-order valence-corrected chi connectivity index (χ0v) is 19.8. The van der Waals surface area contributed by atoms with Crippen LogP contribution in [0.5, 0.6) is 5.75 Å². The van der Waals surface area contributed by atoms with E-state index >= 15 is 0 Å². The van der Waals surface area contributed by atoms with Gasteiger partial charge in [0.15, 0.2) is 0 Å². The summed E-state index contributed by atoms with van der Waals surface area (Å²) < 4.78 is 7.11. The number of rotatable bonds is 0. The normalized spacial score (nSPS) is 42.1. The molecule has 5 rings (SSSR count). The Morgan fingerprint density at radius 2 is 2.03 bits per heavy atom. The number of benzene rings is 1. The molecule has 0 aromatic heterocycles. The monoisotopic (exact) mass is 481 g/mol. The Morgan fingerprint density at radius 1 is 1.31 bits per heavy atom. The molecular weight excluding hydrogens is 454 g/mol. The summed E-state index contributed by atoms with van der Waals surface area (Å²) in [7, 11) is 0. The van der Waals surface area contributed by atoms with Gasteiger partial charge in [-0.05, 0) is 42.2 Å². The third kappa shape index (κ3) is 2.38. The van der Waals surface area contributed by atoms with Gasteiger partial charge in [0.25, 0.3) is 5.91 Å². The lowest BCUT2D eigenvalue weighted by molar-refractivity contribution is -0.230. The van der Waals surface area contributed by atoms with Crippen molar-refractivity contribution in [1.82, 2.24) is 5.32 Å². The van der Waals surface area contributed by atoms with Gasteiger partial charge in [0.2, 0.25) is 0 Å². The number of carbonyl (C=O) groups is 1. The highest BCUT2D eigenvalue weighted by atomic mass is 79.9. The molecule has 1 spiro atoms. The molecule has 2 heterocycles. The Hall–Kier alpha value is -0.780. The third-order valence-electron chi connectivity index (χ3n) is 8.91. The van der Waals surface area contributed by atoms with Gasteiger partial charge in [-0.2, -0.15) is 0 Å². The highest BCUT2D eigenvalue weighted by Gasteiger charge is 2.69. The summed E-state index contributed by atoms with van der Waals surface area (Å²) in [5, 5.41) is 14.5. The number of carbonyl (C=O) groups excluding carboxylic acids is 1. The Morgan fingerprint density at radius 3 is 2.76 bits per heavy atom. The molecule has 6 heteroatoms. The zero-order valence-electron chi connectivity index (χ0n) is 17.4. The maximum Gasteiger partial charge on any atom is 0.253 e. The van der Waals surface area contributed by atoms with Crippen molar-refractivity contribution in [2.75, 3.05) is 0 Å². The highest BCUT2D eigenvalue weighted by molar-refractivity contribution is 9.09. The van der Waals surface area contributed by atoms with Crippen LogP contribution in [-0.2, 0) is 13.0 Å². The lowest BCUT2D eigenvalue weighted by Gasteiger charge is -2.67. The SMILES string of the molecule is C[C@H]1CC[C@H]2C(C)(C)C(O)C(Br)C[C@]23Oc2c(cc(Cl)c4c2CNC4=O)C[C@]13C. The molecule has 29 heavy (non-hydrogen) atoms. The maximum atomic E-state index is 12.4. The van der Waals surface area contributed by atoms with Gasteiger partial charge in [0.1, 0.15) is 11.4 Å². The lowest BCUT2D eigenvalue weighted by atomic mass is 9.43. The molecule has 1 aromatic rings. The first-order chi connectivity index (χ1) is 13.5. The fraction of sp³-hybridized carbons (Fsp3) is 0.696. The van der Waals surface area contributed by atoms with E-state index < -0.39 is 6.10 Å². The summed E-state index contributed by atoms with van der Waals surface area (Å²) in [4.78, 5) is 12.3. The van der Waals surface area contributed by atoms with Crippen LogP contribution >= 0.6 is 27.5 Å². The second-order valence-corrected chi connectivity index (χ2v) is 12.1. The number of aliphatic hydroxyl groups excluding tert-OH is 1. The van der Waals surface area contributed by atoms with Gasteiger partial charge < -0.3 is 15.2 Å². The van der Waals surface area contributed by atoms with Crippen molar-refractivity contribution in [3.05, 3.63) is 27.8 Å². The summed E-state index contributed by atoms with van der Waals surface area (Å²) in [5.41, 5.74) is 1.86. The smallest absolute Gasteiger partial charge is 0.253 e. The van der Waals surface area contributed by atoms with Crippen LogP contribution in [0.4, 0.5) is 0 Å². The van der Waals surface area contributed by atoms with Crippen molar-refractivity contribution in [3.63, 3.8) is 0 Å². The molecule has 4 aliphatic rings. The number of alkyl halides is 1. The number of halogens is 2. The molecule has 2 unspecified atom stereocenters. The van der Waals surface area contributed by atoms with Crippen molar-refractivity contribution in [2.45, 2.75) is 76.5 Å². The van der Waals surface area contributed by atoms with Crippen LogP contribution in [0.2, 0.25) is 5.02 Å². The van der Waals surface area contributed by atoms with E-state index in [4.69, 9.17) is 16.3 Å². The predicted octanol–water partition coefficient (Wildman–Crippen LogP) is 4.86.